The molecule has 0 radical (unpaired) electrons. The van der Waals surface area contributed by atoms with Crippen molar-refractivity contribution in [3.63, 3.8) is 0 Å². The number of furan rings is 1. The van der Waals surface area contributed by atoms with Crippen molar-refractivity contribution in [3.8, 4) is 23.0 Å². The Kier molecular flexibility index (Phi) is 3.54. The van der Waals surface area contributed by atoms with E-state index in [2.05, 4.69) is 20.2 Å². The van der Waals surface area contributed by atoms with Gasteiger partial charge in [0, 0.05) is 17.7 Å². The summed E-state index contributed by atoms with van der Waals surface area (Å²) >= 11 is 0. The molecule has 0 atom stereocenters. The second-order valence-electron chi connectivity index (χ2n) is 5.06. The molecule has 0 bridgehead atoms. The minimum Gasteiger partial charge on any atom is -0.461 e. The lowest BCUT2D eigenvalue weighted by Crippen LogP contribution is -2.00. The fraction of sp³-hybridized carbons (Fsp3) is 0.0667. The van der Waals surface area contributed by atoms with Gasteiger partial charge >= 0.3 is 0 Å². The molecule has 0 aliphatic rings. The van der Waals surface area contributed by atoms with Gasteiger partial charge < -0.3 is 8.94 Å². The summed E-state index contributed by atoms with van der Waals surface area (Å²) in [4.78, 5) is 18.6. The summed E-state index contributed by atoms with van der Waals surface area (Å²) < 4.78 is 11.9. The van der Waals surface area contributed by atoms with Crippen molar-refractivity contribution in [2.24, 2.45) is 0 Å². The molecule has 3 aromatic heterocycles. The van der Waals surface area contributed by atoms with E-state index in [1.54, 1.807) is 24.3 Å². The van der Waals surface area contributed by atoms with Gasteiger partial charge in [-0.3, -0.25) is 10.1 Å². The van der Waals surface area contributed by atoms with Crippen molar-refractivity contribution in [3.05, 3.63) is 65.0 Å². The molecule has 0 saturated heterocycles. The van der Waals surface area contributed by atoms with Gasteiger partial charge in [0.25, 0.3) is 5.69 Å². The number of nitro groups is 1. The van der Waals surface area contributed by atoms with Gasteiger partial charge in [0.2, 0.25) is 11.7 Å². The molecule has 3 heterocycles. The predicted octanol–water partition coefficient (Wildman–Crippen LogP) is 2.54. The Morgan fingerprint density at radius 2 is 2.00 bits per heavy atom. The first-order valence-corrected chi connectivity index (χ1v) is 7.20. The highest BCUT2D eigenvalue weighted by molar-refractivity contribution is 5.56. The van der Waals surface area contributed by atoms with E-state index in [1.807, 2.05) is 0 Å². The van der Waals surface area contributed by atoms with Crippen molar-refractivity contribution in [2.75, 3.05) is 0 Å². The van der Waals surface area contributed by atoms with Gasteiger partial charge in [-0.15, -0.1) is 0 Å². The zero-order valence-electron chi connectivity index (χ0n) is 12.6. The maximum absolute atomic E-state index is 10.7. The zero-order valence-corrected chi connectivity index (χ0v) is 12.6. The van der Waals surface area contributed by atoms with Crippen LogP contribution >= 0.6 is 0 Å². The second kappa shape index (κ2) is 6.00. The van der Waals surface area contributed by atoms with Crippen molar-refractivity contribution in [1.82, 2.24) is 24.9 Å². The minimum absolute atomic E-state index is 0.0134. The maximum atomic E-state index is 10.7. The lowest BCUT2D eigenvalue weighted by atomic mass is 10.2. The molecule has 1 aromatic carbocycles. The number of benzene rings is 1. The van der Waals surface area contributed by atoms with E-state index in [9.17, 15) is 10.1 Å². The van der Waals surface area contributed by atoms with Gasteiger partial charge in [-0.2, -0.15) is 10.1 Å². The number of aromatic nitrogens is 5. The van der Waals surface area contributed by atoms with Gasteiger partial charge in [-0.25, -0.2) is 9.67 Å². The average Bonchev–Trinajstić information content (AvgIpc) is 3.37. The Hall–Kier alpha value is -3.82. The summed E-state index contributed by atoms with van der Waals surface area (Å²) in [5, 5.41) is 18.8. The van der Waals surface area contributed by atoms with Gasteiger partial charge in [0.05, 0.1) is 11.2 Å². The largest absolute Gasteiger partial charge is 0.461 e. The normalized spacial score (nSPS) is 10.9. The fourth-order valence-electron chi connectivity index (χ4n) is 2.20. The molecular weight excluding hydrogens is 328 g/mol. The van der Waals surface area contributed by atoms with E-state index in [-0.39, 0.29) is 12.2 Å². The first-order chi connectivity index (χ1) is 12.2. The zero-order chi connectivity index (χ0) is 17.2. The van der Waals surface area contributed by atoms with Crippen LogP contribution in [0.2, 0.25) is 0 Å². The Morgan fingerprint density at radius 1 is 1.16 bits per heavy atom. The molecule has 0 unspecified atom stereocenters. The van der Waals surface area contributed by atoms with Crippen LogP contribution in [0.15, 0.2) is 57.9 Å². The molecule has 4 rings (SSSR count). The topological polar surface area (TPSA) is 126 Å². The molecule has 0 amide bonds. The van der Waals surface area contributed by atoms with E-state index in [4.69, 9.17) is 8.94 Å². The van der Waals surface area contributed by atoms with E-state index >= 15 is 0 Å². The number of nitro benzene ring substituents is 1. The summed E-state index contributed by atoms with van der Waals surface area (Å²) in [6.45, 7) is 0.244. The number of hydrogen-bond donors (Lipinski definition) is 0. The summed E-state index contributed by atoms with van der Waals surface area (Å²) in [6.07, 6.45) is 3.05. The van der Waals surface area contributed by atoms with E-state index in [1.165, 1.54) is 29.4 Å². The molecule has 25 heavy (non-hydrogen) atoms. The van der Waals surface area contributed by atoms with Crippen molar-refractivity contribution in [1.29, 1.82) is 0 Å². The molecule has 4 aromatic rings. The van der Waals surface area contributed by atoms with E-state index < -0.39 is 4.92 Å². The first kappa shape index (κ1) is 14.8. The average molecular weight is 338 g/mol. The Balaban J connectivity index is 1.51. The molecule has 10 nitrogen and oxygen atoms in total. The van der Waals surface area contributed by atoms with Crippen molar-refractivity contribution < 1.29 is 13.9 Å². The maximum Gasteiger partial charge on any atom is 0.269 e. The number of rotatable bonds is 5. The molecule has 0 saturated carbocycles. The third kappa shape index (κ3) is 3.00. The summed E-state index contributed by atoms with van der Waals surface area (Å²) in [5.41, 5.74) is 0.686. The smallest absolute Gasteiger partial charge is 0.269 e. The molecule has 0 spiro atoms. The van der Waals surface area contributed by atoms with Crippen LogP contribution in [0.1, 0.15) is 5.89 Å². The van der Waals surface area contributed by atoms with Gasteiger partial charge in [0.15, 0.2) is 11.6 Å². The van der Waals surface area contributed by atoms with Crippen LogP contribution in [0.5, 0.6) is 0 Å². The van der Waals surface area contributed by atoms with Crippen LogP contribution in [0.4, 0.5) is 5.69 Å². The highest BCUT2D eigenvalue weighted by atomic mass is 16.6. The standard InChI is InChI=1S/C15H10N6O4/c22-21(23)11-5-3-10(4-6-11)14-16-9-20(18-14)8-13-17-15(19-25-13)12-2-1-7-24-12/h1-7,9H,8H2. The lowest BCUT2D eigenvalue weighted by Gasteiger charge is -1.96. The number of non-ortho nitro benzene ring substituents is 1. The van der Waals surface area contributed by atoms with Gasteiger partial charge in [-0.05, 0) is 24.3 Å². The van der Waals surface area contributed by atoms with E-state index in [0.717, 1.165) is 0 Å². The number of hydrogen-bond acceptors (Lipinski definition) is 8. The monoisotopic (exact) mass is 338 g/mol. The third-order valence-electron chi connectivity index (χ3n) is 3.38. The molecule has 0 aliphatic carbocycles. The number of nitrogens with zero attached hydrogens (tertiary/aromatic N) is 6. The quantitative estimate of drug-likeness (QED) is 0.401. The Bertz CT molecular complexity index is 1000. The van der Waals surface area contributed by atoms with Gasteiger partial charge in [-0.1, -0.05) is 5.16 Å². The third-order valence-corrected chi connectivity index (χ3v) is 3.38. The lowest BCUT2D eigenvalue weighted by molar-refractivity contribution is -0.384. The summed E-state index contributed by atoms with van der Waals surface area (Å²) in [6, 6.07) is 9.47. The molecule has 10 heteroatoms. The highest BCUT2D eigenvalue weighted by Crippen LogP contribution is 2.19. The van der Waals surface area contributed by atoms with Crippen LogP contribution in [-0.2, 0) is 6.54 Å². The van der Waals surface area contributed by atoms with Crippen LogP contribution in [0, 0.1) is 10.1 Å². The van der Waals surface area contributed by atoms with Gasteiger partial charge in [0.1, 0.15) is 12.9 Å². The molecule has 124 valence electrons. The van der Waals surface area contributed by atoms with Crippen molar-refractivity contribution in [2.45, 2.75) is 6.54 Å². The SMILES string of the molecule is O=[N+]([O-])c1ccc(-c2ncn(Cc3nc(-c4ccco4)no3)n2)cc1. The second-order valence-corrected chi connectivity index (χ2v) is 5.06. The van der Waals surface area contributed by atoms with Crippen LogP contribution in [-0.4, -0.2) is 29.8 Å². The van der Waals surface area contributed by atoms with Crippen LogP contribution < -0.4 is 0 Å². The Labute approximate surface area is 139 Å². The molecule has 0 N–H and O–H groups in total. The summed E-state index contributed by atoms with van der Waals surface area (Å²) in [7, 11) is 0. The molecule has 0 fully saturated rings. The predicted molar refractivity (Wildman–Crippen MR) is 83.2 cm³/mol. The van der Waals surface area contributed by atoms with Crippen LogP contribution in [0.3, 0.4) is 0 Å². The molecule has 0 aliphatic heterocycles. The van der Waals surface area contributed by atoms with E-state index in [0.29, 0.717) is 28.9 Å². The van der Waals surface area contributed by atoms with Crippen molar-refractivity contribution >= 4 is 5.69 Å². The minimum atomic E-state index is -0.456. The first-order valence-electron chi connectivity index (χ1n) is 7.20. The fourth-order valence-corrected chi connectivity index (χ4v) is 2.20. The highest BCUT2D eigenvalue weighted by Gasteiger charge is 2.13. The van der Waals surface area contributed by atoms with Crippen LogP contribution in [0.25, 0.3) is 23.0 Å². The summed E-state index contributed by atoms with van der Waals surface area (Å²) in [5.74, 6) is 1.67. The Morgan fingerprint density at radius 3 is 2.72 bits per heavy atom. The molecular formula is C15H10N6O4.